The number of aliphatic carboxylic acids is 1. The van der Waals surface area contributed by atoms with Crippen molar-refractivity contribution in [1.29, 1.82) is 0 Å². The number of carbonyl (C=O) groups excluding carboxylic acids is 1. The molecule has 1 amide bonds. The van der Waals surface area contributed by atoms with Gasteiger partial charge in [-0.15, -0.1) is 0 Å². The highest BCUT2D eigenvalue weighted by Gasteiger charge is 2.34. The summed E-state index contributed by atoms with van der Waals surface area (Å²) in [7, 11) is 1.90. The van der Waals surface area contributed by atoms with Crippen LogP contribution in [0.2, 0.25) is 0 Å². The molecule has 1 aromatic heterocycles. The molecule has 1 fully saturated rings. The maximum absolute atomic E-state index is 12.5. The van der Waals surface area contributed by atoms with Crippen LogP contribution in [0.3, 0.4) is 0 Å². The minimum atomic E-state index is -0.823. The molecule has 21 heavy (non-hydrogen) atoms. The number of rotatable bonds is 3. The number of fused-ring (bicyclic) bond motifs is 1. The van der Waals surface area contributed by atoms with Gasteiger partial charge in [-0.25, -0.2) is 0 Å². The summed E-state index contributed by atoms with van der Waals surface area (Å²) in [5, 5.41) is 13.0. The Labute approximate surface area is 122 Å². The number of aryl methyl sites for hydroxylation is 1. The van der Waals surface area contributed by atoms with Gasteiger partial charge in [0.05, 0.1) is 11.5 Å². The fourth-order valence-electron chi connectivity index (χ4n) is 3.20. The highest BCUT2D eigenvalue weighted by molar-refractivity contribution is 6.07. The molecule has 0 radical (unpaired) electrons. The number of nitrogens with zero attached hydrogens (tertiary/aromatic N) is 1. The lowest BCUT2D eigenvalue weighted by Crippen LogP contribution is -2.40. The van der Waals surface area contributed by atoms with E-state index in [2.05, 4.69) is 5.32 Å². The predicted molar refractivity (Wildman–Crippen MR) is 79.2 cm³/mol. The Bertz CT molecular complexity index is 705. The van der Waals surface area contributed by atoms with Crippen molar-refractivity contribution in [3.05, 3.63) is 36.0 Å². The van der Waals surface area contributed by atoms with E-state index in [-0.39, 0.29) is 11.9 Å². The molecule has 1 aromatic carbocycles. The van der Waals surface area contributed by atoms with Gasteiger partial charge in [0.2, 0.25) is 0 Å². The third kappa shape index (κ3) is 2.39. The smallest absolute Gasteiger partial charge is 0.308 e. The van der Waals surface area contributed by atoms with Crippen molar-refractivity contribution in [3.8, 4) is 0 Å². The van der Waals surface area contributed by atoms with Gasteiger partial charge in [0.15, 0.2) is 0 Å². The fourth-order valence-corrected chi connectivity index (χ4v) is 3.20. The lowest BCUT2D eigenvalue weighted by atomic mass is 10.0. The number of aromatic nitrogens is 1. The van der Waals surface area contributed by atoms with Gasteiger partial charge in [0.1, 0.15) is 0 Å². The Morgan fingerprint density at radius 1 is 1.29 bits per heavy atom. The number of nitrogens with one attached hydrogen (secondary N) is 1. The van der Waals surface area contributed by atoms with Gasteiger partial charge in [-0.05, 0) is 18.9 Å². The van der Waals surface area contributed by atoms with Crippen molar-refractivity contribution in [3.63, 3.8) is 0 Å². The zero-order chi connectivity index (χ0) is 15.0. The number of carboxylic acid groups (broad SMARTS) is 1. The van der Waals surface area contributed by atoms with Crippen molar-refractivity contribution in [2.75, 3.05) is 0 Å². The number of hydrogen-bond acceptors (Lipinski definition) is 2. The number of amides is 1. The topological polar surface area (TPSA) is 71.3 Å². The van der Waals surface area contributed by atoms with E-state index in [1.165, 1.54) is 0 Å². The molecule has 110 valence electrons. The summed E-state index contributed by atoms with van der Waals surface area (Å²) in [6.07, 6.45) is 4.01. The SMILES string of the molecule is Cn1cc(C(=O)N[C@@H]2CCC[C@@H]2C(=O)O)c2ccccc21. The van der Waals surface area contributed by atoms with Crippen molar-refractivity contribution in [2.45, 2.75) is 25.3 Å². The molecule has 5 heteroatoms. The first-order valence-corrected chi connectivity index (χ1v) is 7.15. The molecule has 5 nitrogen and oxygen atoms in total. The highest BCUT2D eigenvalue weighted by atomic mass is 16.4. The Morgan fingerprint density at radius 2 is 2.05 bits per heavy atom. The zero-order valence-electron chi connectivity index (χ0n) is 11.9. The number of para-hydroxylation sites is 1. The van der Waals surface area contributed by atoms with Crippen LogP contribution >= 0.6 is 0 Å². The van der Waals surface area contributed by atoms with E-state index in [4.69, 9.17) is 0 Å². The first kappa shape index (κ1) is 13.7. The monoisotopic (exact) mass is 286 g/mol. The average molecular weight is 286 g/mol. The van der Waals surface area contributed by atoms with E-state index in [0.29, 0.717) is 12.0 Å². The Morgan fingerprint density at radius 3 is 2.81 bits per heavy atom. The third-order valence-electron chi connectivity index (χ3n) is 4.29. The zero-order valence-corrected chi connectivity index (χ0v) is 11.9. The summed E-state index contributed by atoms with van der Waals surface area (Å²) in [4.78, 5) is 23.7. The van der Waals surface area contributed by atoms with Crippen LogP contribution < -0.4 is 5.32 Å². The van der Waals surface area contributed by atoms with Crippen molar-refractivity contribution in [1.82, 2.24) is 9.88 Å². The predicted octanol–water partition coefficient (Wildman–Crippen LogP) is 2.16. The Kier molecular flexibility index (Phi) is 3.41. The van der Waals surface area contributed by atoms with E-state index in [1.54, 1.807) is 6.20 Å². The van der Waals surface area contributed by atoms with Crippen LogP contribution in [0.5, 0.6) is 0 Å². The second-order valence-electron chi connectivity index (χ2n) is 5.63. The molecule has 1 heterocycles. The minimum Gasteiger partial charge on any atom is -0.481 e. The van der Waals surface area contributed by atoms with Gasteiger partial charge < -0.3 is 15.0 Å². The van der Waals surface area contributed by atoms with Crippen molar-refractivity contribution < 1.29 is 14.7 Å². The average Bonchev–Trinajstić information content (AvgIpc) is 3.04. The molecule has 0 saturated heterocycles. The molecule has 1 saturated carbocycles. The lowest BCUT2D eigenvalue weighted by Gasteiger charge is -2.17. The van der Waals surface area contributed by atoms with Gasteiger partial charge in [-0.1, -0.05) is 24.6 Å². The quantitative estimate of drug-likeness (QED) is 0.908. The van der Waals surface area contributed by atoms with Gasteiger partial charge in [0.25, 0.3) is 5.91 Å². The van der Waals surface area contributed by atoms with Gasteiger partial charge in [-0.3, -0.25) is 9.59 Å². The van der Waals surface area contributed by atoms with E-state index in [0.717, 1.165) is 23.7 Å². The molecule has 2 aromatic rings. The fraction of sp³-hybridized carbons (Fsp3) is 0.375. The first-order chi connectivity index (χ1) is 10.1. The van der Waals surface area contributed by atoms with Gasteiger partial charge >= 0.3 is 5.97 Å². The van der Waals surface area contributed by atoms with E-state index in [9.17, 15) is 14.7 Å². The molecular weight excluding hydrogens is 268 g/mol. The highest BCUT2D eigenvalue weighted by Crippen LogP contribution is 2.27. The van der Waals surface area contributed by atoms with Crippen LogP contribution in [-0.4, -0.2) is 27.6 Å². The number of carbonyl (C=O) groups is 2. The molecule has 3 rings (SSSR count). The molecule has 0 unspecified atom stereocenters. The lowest BCUT2D eigenvalue weighted by molar-refractivity contribution is -0.142. The van der Waals surface area contributed by atoms with E-state index >= 15 is 0 Å². The van der Waals surface area contributed by atoms with Crippen molar-refractivity contribution in [2.24, 2.45) is 13.0 Å². The minimum absolute atomic E-state index is 0.190. The second-order valence-corrected chi connectivity index (χ2v) is 5.63. The normalized spacial score (nSPS) is 21.6. The Hall–Kier alpha value is -2.30. The third-order valence-corrected chi connectivity index (χ3v) is 4.29. The summed E-state index contributed by atoms with van der Waals surface area (Å²) in [5.74, 6) is -1.48. The van der Waals surface area contributed by atoms with Crippen molar-refractivity contribution >= 4 is 22.8 Å². The summed E-state index contributed by atoms with van der Waals surface area (Å²) >= 11 is 0. The van der Waals surface area contributed by atoms with Crippen LogP contribution in [0, 0.1) is 5.92 Å². The van der Waals surface area contributed by atoms with E-state index < -0.39 is 11.9 Å². The van der Waals surface area contributed by atoms with Crippen LogP contribution in [0.1, 0.15) is 29.6 Å². The maximum Gasteiger partial charge on any atom is 0.308 e. The summed E-state index contributed by atoms with van der Waals surface area (Å²) in [6.45, 7) is 0. The summed E-state index contributed by atoms with van der Waals surface area (Å²) in [6, 6.07) is 7.43. The molecule has 0 bridgehead atoms. The largest absolute Gasteiger partial charge is 0.481 e. The number of carboxylic acids is 1. The molecule has 0 aliphatic heterocycles. The second kappa shape index (κ2) is 5.24. The summed E-state index contributed by atoms with van der Waals surface area (Å²) in [5.41, 5.74) is 1.59. The van der Waals surface area contributed by atoms with Crippen LogP contribution in [0.4, 0.5) is 0 Å². The van der Waals surface area contributed by atoms with E-state index in [1.807, 2.05) is 35.9 Å². The van der Waals surface area contributed by atoms with Crippen LogP contribution in [-0.2, 0) is 11.8 Å². The maximum atomic E-state index is 12.5. The molecule has 1 aliphatic carbocycles. The standard InChI is InChI=1S/C16H18N2O3/c1-18-9-12(10-5-2-3-8-14(10)18)15(19)17-13-7-4-6-11(13)16(20)21/h2-3,5,8-9,11,13H,4,6-7H2,1H3,(H,17,19)(H,20,21)/t11-,13+/m0/s1. The summed E-state index contributed by atoms with van der Waals surface area (Å²) < 4.78 is 1.91. The van der Waals surface area contributed by atoms with Gasteiger partial charge in [-0.2, -0.15) is 0 Å². The number of benzene rings is 1. The Balaban J connectivity index is 1.86. The van der Waals surface area contributed by atoms with Gasteiger partial charge in [0, 0.05) is 30.2 Å². The van der Waals surface area contributed by atoms with Crippen LogP contribution in [0.15, 0.2) is 30.5 Å². The molecule has 0 spiro atoms. The number of hydrogen-bond donors (Lipinski definition) is 2. The molecule has 1 aliphatic rings. The molecular formula is C16H18N2O3. The molecule has 2 atom stereocenters. The van der Waals surface area contributed by atoms with Crippen LogP contribution in [0.25, 0.3) is 10.9 Å². The first-order valence-electron chi connectivity index (χ1n) is 7.15. The molecule has 2 N–H and O–H groups in total.